The molecule has 172 valence electrons. The van der Waals surface area contributed by atoms with E-state index in [0.717, 1.165) is 46.5 Å². The molecule has 2 N–H and O–H groups in total. The maximum atomic E-state index is 13.2. The number of carbonyl (C=O) groups excluding carboxylic acids is 1. The lowest BCUT2D eigenvalue weighted by molar-refractivity contribution is 0.0934. The minimum Gasteiger partial charge on any atom is -0.349 e. The number of pyridine rings is 1. The van der Waals surface area contributed by atoms with Crippen molar-refractivity contribution in [2.45, 2.75) is 46.2 Å². The fraction of sp³-hybridized carbons (Fsp3) is 0.241. The van der Waals surface area contributed by atoms with E-state index in [-0.39, 0.29) is 17.5 Å². The minimum absolute atomic E-state index is 0.0346. The lowest BCUT2D eigenvalue weighted by atomic mass is 9.92. The van der Waals surface area contributed by atoms with Gasteiger partial charge in [0.1, 0.15) is 5.69 Å². The van der Waals surface area contributed by atoms with Crippen molar-refractivity contribution in [3.8, 4) is 22.5 Å². The number of aryl methyl sites for hydroxylation is 3. The molecule has 0 saturated carbocycles. The van der Waals surface area contributed by atoms with Crippen molar-refractivity contribution < 1.29 is 4.79 Å². The first kappa shape index (κ1) is 22.0. The van der Waals surface area contributed by atoms with Crippen LogP contribution < -0.4 is 10.9 Å². The number of benzene rings is 2. The smallest absolute Gasteiger partial charge is 0.268 e. The highest BCUT2D eigenvalue weighted by Crippen LogP contribution is 2.36. The Morgan fingerprint density at radius 2 is 1.76 bits per heavy atom. The highest BCUT2D eigenvalue weighted by molar-refractivity contribution is 5.95. The molecular weight excluding hydrogens is 422 g/mol. The van der Waals surface area contributed by atoms with E-state index >= 15 is 0 Å². The number of rotatable bonds is 5. The molecule has 2 aromatic carbocycles. The predicted octanol–water partition coefficient (Wildman–Crippen LogP) is 5.10. The van der Waals surface area contributed by atoms with Crippen LogP contribution in [0.4, 0.5) is 0 Å². The molecular formula is C29H29N3O2. The van der Waals surface area contributed by atoms with Crippen LogP contribution in [-0.2, 0) is 19.4 Å². The molecule has 0 saturated heterocycles. The Morgan fingerprint density at radius 3 is 2.50 bits per heavy atom. The average Bonchev–Trinajstić information content (AvgIpc) is 3.18. The first-order valence-corrected chi connectivity index (χ1v) is 11.8. The van der Waals surface area contributed by atoms with E-state index in [9.17, 15) is 9.59 Å². The molecule has 0 atom stereocenters. The van der Waals surface area contributed by atoms with Crippen LogP contribution in [0.15, 0.2) is 71.5 Å². The topological polar surface area (TPSA) is 66.9 Å². The Morgan fingerprint density at radius 1 is 1.00 bits per heavy atom. The third-order valence-electron chi connectivity index (χ3n) is 6.36. The van der Waals surface area contributed by atoms with E-state index in [1.165, 1.54) is 5.56 Å². The van der Waals surface area contributed by atoms with Gasteiger partial charge in [-0.05, 0) is 68.0 Å². The standard InChI is InChI=1S/C29H29N3O2/c1-18(2)30-29(34)25-16-23-13-12-22-15-24(21-10-5-4-6-11-21)28(33)31-26(22)27(23)32(25)17-20-9-7-8-19(3)14-20/h4-11,14-16,18H,12-13,17H2,1-3H3,(H,30,34)(H,31,33). The Kier molecular flexibility index (Phi) is 5.70. The van der Waals surface area contributed by atoms with E-state index in [4.69, 9.17) is 0 Å². The number of H-pyrrole nitrogens is 1. The van der Waals surface area contributed by atoms with Crippen LogP contribution in [-0.4, -0.2) is 21.5 Å². The van der Waals surface area contributed by atoms with Crippen LogP contribution in [0.5, 0.6) is 0 Å². The summed E-state index contributed by atoms with van der Waals surface area (Å²) in [5.74, 6) is -0.0955. The lowest BCUT2D eigenvalue weighted by Crippen LogP contribution is -2.32. The highest BCUT2D eigenvalue weighted by Gasteiger charge is 2.27. The van der Waals surface area contributed by atoms with Gasteiger partial charge in [0.25, 0.3) is 11.5 Å². The van der Waals surface area contributed by atoms with Crippen LogP contribution >= 0.6 is 0 Å². The maximum Gasteiger partial charge on any atom is 0.268 e. The molecule has 0 fully saturated rings. The fourth-order valence-corrected chi connectivity index (χ4v) is 4.86. The summed E-state index contributed by atoms with van der Waals surface area (Å²) in [6.07, 6.45) is 1.64. The molecule has 5 nitrogen and oxygen atoms in total. The summed E-state index contributed by atoms with van der Waals surface area (Å²) >= 11 is 0. The van der Waals surface area contributed by atoms with E-state index in [1.807, 2.05) is 62.4 Å². The van der Waals surface area contributed by atoms with E-state index in [2.05, 4.69) is 40.0 Å². The number of carbonyl (C=O) groups is 1. The first-order valence-electron chi connectivity index (χ1n) is 11.8. The van der Waals surface area contributed by atoms with Crippen LogP contribution in [0.1, 0.15) is 46.6 Å². The number of hydrogen-bond acceptors (Lipinski definition) is 2. The van der Waals surface area contributed by atoms with Crippen molar-refractivity contribution in [2.75, 3.05) is 0 Å². The van der Waals surface area contributed by atoms with Crippen molar-refractivity contribution in [2.24, 2.45) is 0 Å². The minimum atomic E-state index is -0.116. The molecule has 2 aromatic heterocycles. The average molecular weight is 452 g/mol. The lowest BCUT2D eigenvalue weighted by Gasteiger charge is -2.21. The van der Waals surface area contributed by atoms with Gasteiger partial charge in [-0.1, -0.05) is 60.2 Å². The molecule has 4 aromatic rings. The van der Waals surface area contributed by atoms with Gasteiger partial charge >= 0.3 is 0 Å². The molecule has 1 aliphatic carbocycles. The van der Waals surface area contributed by atoms with E-state index in [1.54, 1.807) is 0 Å². The summed E-state index contributed by atoms with van der Waals surface area (Å²) in [6, 6.07) is 22.1. The number of nitrogens with one attached hydrogen (secondary N) is 2. The number of hydrogen-bond donors (Lipinski definition) is 2. The van der Waals surface area contributed by atoms with Gasteiger partial charge in [-0.15, -0.1) is 0 Å². The SMILES string of the molecule is Cc1cccc(Cn2c(C(=O)NC(C)C)cc3c2-c2[nH]c(=O)c(-c4ccccc4)cc2CC3)c1. The maximum absolute atomic E-state index is 13.2. The Hall–Kier alpha value is -3.86. The molecule has 5 heteroatoms. The monoisotopic (exact) mass is 451 g/mol. The van der Waals surface area contributed by atoms with Crippen LogP contribution in [0.25, 0.3) is 22.5 Å². The number of aromatic nitrogens is 2. The highest BCUT2D eigenvalue weighted by atomic mass is 16.2. The van der Waals surface area contributed by atoms with Crippen molar-refractivity contribution >= 4 is 5.91 Å². The van der Waals surface area contributed by atoms with Crippen LogP contribution in [0.2, 0.25) is 0 Å². The molecule has 5 rings (SSSR count). The fourth-order valence-electron chi connectivity index (χ4n) is 4.86. The molecule has 2 heterocycles. The summed E-state index contributed by atoms with van der Waals surface area (Å²) in [6.45, 7) is 6.55. The van der Waals surface area contributed by atoms with Crippen LogP contribution in [0.3, 0.4) is 0 Å². The van der Waals surface area contributed by atoms with Gasteiger partial charge < -0.3 is 14.9 Å². The molecule has 0 spiro atoms. The predicted molar refractivity (Wildman–Crippen MR) is 136 cm³/mol. The third kappa shape index (κ3) is 4.10. The molecule has 1 aliphatic rings. The Labute approximate surface area is 199 Å². The second kappa shape index (κ2) is 8.82. The van der Waals surface area contributed by atoms with Crippen molar-refractivity contribution in [1.82, 2.24) is 14.9 Å². The largest absolute Gasteiger partial charge is 0.349 e. The van der Waals surface area contributed by atoms with Crippen molar-refractivity contribution in [3.63, 3.8) is 0 Å². The van der Waals surface area contributed by atoms with Crippen molar-refractivity contribution in [3.05, 3.63) is 105 Å². The van der Waals surface area contributed by atoms with Gasteiger partial charge in [0, 0.05) is 18.2 Å². The van der Waals surface area contributed by atoms with Gasteiger partial charge in [-0.25, -0.2) is 0 Å². The molecule has 0 radical (unpaired) electrons. The summed E-state index contributed by atoms with van der Waals surface area (Å²) < 4.78 is 2.07. The molecule has 0 aliphatic heterocycles. The van der Waals surface area contributed by atoms with Gasteiger partial charge in [-0.2, -0.15) is 0 Å². The van der Waals surface area contributed by atoms with E-state index < -0.39 is 0 Å². The molecule has 0 bridgehead atoms. The van der Waals surface area contributed by atoms with Gasteiger partial charge in [-0.3, -0.25) is 9.59 Å². The molecule has 0 unspecified atom stereocenters. The zero-order valence-electron chi connectivity index (χ0n) is 19.8. The zero-order chi connectivity index (χ0) is 23.8. The van der Waals surface area contributed by atoms with Gasteiger partial charge in [0.2, 0.25) is 0 Å². The van der Waals surface area contributed by atoms with Gasteiger partial charge in [0.15, 0.2) is 0 Å². The normalized spacial score (nSPS) is 12.4. The zero-order valence-corrected chi connectivity index (χ0v) is 19.8. The number of fused-ring (bicyclic) bond motifs is 3. The third-order valence-corrected chi connectivity index (χ3v) is 6.36. The number of aromatic amines is 1. The van der Waals surface area contributed by atoms with E-state index in [0.29, 0.717) is 17.8 Å². The number of amides is 1. The first-order chi connectivity index (χ1) is 16.4. The summed E-state index contributed by atoms with van der Waals surface area (Å²) in [5, 5.41) is 3.04. The summed E-state index contributed by atoms with van der Waals surface area (Å²) in [5.41, 5.74) is 8.34. The summed E-state index contributed by atoms with van der Waals surface area (Å²) in [4.78, 5) is 29.5. The quantitative estimate of drug-likeness (QED) is 0.443. The van der Waals surface area contributed by atoms with Gasteiger partial charge in [0.05, 0.1) is 11.4 Å². The molecule has 1 amide bonds. The second-order valence-corrected chi connectivity index (χ2v) is 9.39. The summed E-state index contributed by atoms with van der Waals surface area (Å²) in [7, 11) is 0. The van der Waals surface area contributed by atoms with Crippen molar-refractivity contribution in [1.29, 1.82) is 0 Å². The Bertz CT molecular complexity index is 1430. The van der Waals surface area contributed by atoms with Crippen LogP contribution in [0, 0.1) is 6.92 Å². The number of nitrogens with zero attached hydrogens (tertiary/aromatic N) is 1. The molecule has 34 heavy (non-hydrogen) atoms. The Balaban J connectivity index is 1.67. The second-order valence-electron chi connectivity index (χ2n) is 9.39.